The summed E-state index contributed by atoms with van der Waals surface area (Å²) in [7, 11) is 0. The molecule has 2 N–H and O–H groups in total. The van der Waals surface area contributed by atoms with Gasteiger partial charge in [-0.05, 0) is 42.5 Å². The molecule has 35 heavy (non-hydrogen) atoms. The van der Waals surface area contributed by atoms with E-state index in [9.17, 15) is 13.2 Å². The Hall–Kier alpha value is -3.94. The highest BCUT2D eigenvalue weighted by Crippen LogP contribution is 2.35. The van der Waals surface area contributed by atoms with Crippen molar-refractivity contribution in [3.8, 4) is 11.3 Å². The van der Waals surface area contributed by atoms with Crippen molar-refractivity contribution < 1.29 is 13.2 Å². The highest BCUT2D eigenvalue weighted by molar-refractivity contribution is 5.63. The van der Waals surface area contributed by atoms with Gasteiger partial charge in [-0.25, -0.2) is 15.0 Å². The highest BCUT2D eigenvalue weighted by Gasteiger charge is 2.35. The molecule has 1 aliphatic rings. The molecule has 0 fully saturated rings. The highest BCUT2D eigenvalue weighted by atomic mass is 19.4. The van der Waals surface area contributed by atoms with Crippen LogP contribution in [0.15, 0.2) is 78.9 Å². The van der Waals surface area contributed by atoms with Gasteiger partial charge in [-0.3, -0.25) is 0 Å². The minimum Gasteiger partial charge on any atom is -0.361 e. The molecule has 0 radical (unpaired) electrons. The molecule has 2 aromatic carbocycles. The van der Waals surface area contributed by atoms with E-state index in [0.29, 0.717) is 37.3 Å². The maximum Gasteiger partial charge on any atom is 0.433 e. The lowest BCUT2D eigenvalue weighted by molar-refractivity contribution is -0.141. The zero-order valence-corrected chi connectivity index (χ0v) is 18.9. The fourth-order valence-corrected chi connectivity index (χ4v) is 4.18. The van der Waals surface area contributed by atoms with Crippen molar-refractivity contribution >= 4 is 11.8 Å². The molecule has 178 valence electrons. The average molecular weight is 476 g/mol. The number of pyridine rings is 1. The molecule has 0 saturated heterocycles. The number of fused-ring (bicyclic) bond motifs is 1. The molecule has 1 unspecified atom stereocenters. The van der Waals surface area contributed by atoms with Gasteiger partial charge in [-0.15, -0.1) is 0 Å². The maximum absolute atomic E-state index is 13.6. The van der Waals surface area contributed by atoms with Gasteiger partial charge in [-0.2, -0.15) is 13.2 Å². The number of aromatic nitrogens is 3. The lowest BCUT2D eigenvalue weighted by atomic mass is 9.97. The maximum atomic E-state index is 13.6. The number of alkyl halides is 3. The molecule has 5 rings (SSSR count). The van der Waals surface area contributed by atoms with Crippen molar-refractivity contribution in [1.29, 1.82) is 0 Å². The molecule has 1 aliphatic heterocycles. The van der Waals surface area contributed by atoms with Crippen molar-refractivity contribution in [2.45, 2.75) is 31.5 Å². The van der Waals surface area contributed by atoms with Crippen LogP contribution in [0.4, 0.5) is 24.9 Å². The van der Waals surface area contributed by atoms with Crippen LogP contribution in [-0.2, 0) is 19.0 Å². The minimum atomic E-state index is -4.57. The lowest BCUT2D eigenvalue weighted by Gasteiger charge is -2.27. The first-order valence-corrected chi connectivity index (χ1v) is 11.5. The molecule has 0 saturated carbocycles. The number of hydrogen-bond acceptors (Lipinski definition) is 5. The molecule has 5 nitrogen and oxygen atoms in total. The molecule has 1 atom stereocenters. The van der Waals surface area contributed by atoms with Crippen molar-refractivity contribution in [2.24, 2.45) is 0 Å². The zero-order valence-electron chi connectivity index (χ0n) is 18.9. The normalized spacial score (nSPS) is 15.2. The number of halogens is 3. The van der Waals surface area contributed by atoms with Gasteiger partial charge in [0.1, 0.15) is 11.5 Å². The Labute approximate surface area is 201 Å². The monoisotopic (exact) mass is 475 g/mol. The Morgan fingerprint density at radius 2 is 1.63 bits per heavy atom. The van der Waals surface area contributed by atoms with E-state index in [-0.39, 0.29) is 5.95 Å². The number of rotatable bonds is 6. The van der Waals surface area contributed by atoms with E-state index in [1.165, 1.54) is 0 Å². The van der Waals surface area contributed by atoms with Crippen molar-refractivity contribution in [3.05, 3.63) is 101 Å². The van der Waals surface area contributed by atoms with E-state index in [1.807, 2.05) is 72.8 Å². The first-order chi connectivity index (χ1) is 17.0. The van der Waals surface area contributed by atoms with Crippen LogP contribution in [0.25, 0.3) is 11.3 Å². The van der Waals surface area contributed by atoms with E-state index in [2.05, 4.69) is 20.6 Å². The Morgan fingerprint density at radius 3 is 2.37 bits per heavy atom. The summed E-state index contributed by atoms with van der Waals surface area (Å²) in [6, 6.07) is 24.1. The second-order valence-electron chi connectivity index (χ2n) is 8.47. The van der Waals surface area contributed by atoms with Gasteiger partial charge in [0.05, 0.1) is 17.4 Å². The van der Waals surface area contributed by atoms with Gasteiger partial charge in [0, 0.05) is 12.1 Å². The third kappa shape index (κ3) is 5.42. The molecular weight excluding hydrogens is 451 g/mol. The average Bonchev–Trinajstić information content (AvgIpc) is 2.88. The topological polar surface area (TPSA) is 62.7 Å². The first kappa shape index (κ1) is 22.8. The molecule has 4 aromatic rings. The summed E-state index contributed by atoms with van der Waals surface area (Å²) in [6.07, 6.45) is -2.62. The second kappa shape index (κ2) is 9.74. The molecule has 0 aliphatic carbocycles. The van der Waals surface area contributed by atoms with Gasteiger partial charge >= 0.3 is 6.18 Å². The molecule has 0 amide bonds. The largest absolute Gasteiger partial charge is 0.433 e. The summed E-state index contributed by atoms with van der Waals surface area (Å²) < 4.78 is 40.9. The third-order valence-corrected chi connectivity index (χ3v) is 5.99. The summed E-state index contributed by atoms with van der Waals surface area (Å²) in [5, 5.41) is 6.28. The van der Waals surface area contributed by atoms with Gasteiger partial charge in [0.25, 0.3) is 0 Å². The van der Waals surface area contributed by atoms with Crippen LogP contribution in [0.5, 0.6) is 0 Å². The number of nitrogens with zero attached hydrogens (tertiary/aromatic N) is 3. The lowest BCUT2D eigenvalue weighted by Crippen LogP contribution is -2.23. The SMILES string of the molecule is FC(F)(F)c1cc(C2CCc3ccc(-c4ccccc4)nc3N2)nc(NCCc2ccccc2)n1. The van der Waals surface area contributed by atoms with Crippen LogP contribution in [0.2, 0.25) is 0 Å². The number of nitrogens with one attached hydrogen (secondary N) is 2. The predicted molar refractivity (Wildman–Crippen MR) is 130 cm³/mol. The number of hydrogen-bond donors (Lipinski definition) is 2. The summed E-state index contributed by atoms with van der Waals surface area (Å²) in [4.78, 5) is 12.9. The quantitative estimate of drug-likeness (QED) is 0.342. The van der Waals surface area contributed by atoms with E-state index in [4.69, 9.17) is 4.98 Å². The summed E-state index contributed by atoms with van der Waals surface area (Å²) >= 11 is 0. The number of aryl methyl sites for hydroxylation is 1. The summed E-state index contributed by atoms with van der Waals surface area (Å²) in [5.74, 6) is 0.651. The zero-order chi connectivity index (χ0) is 24.3. The smallest absolute Gasteiger partial charge is 0.361 e. The number of anilines is 2. The summed E-state index contributed by atoms with van der Waals surface area (Å²) in [5.41, 5.74) is 3.24. The molecule has 3 heterocycles. The minimum absolute atomic E-state index is 0.0238. The van der Waals surface area contributed by atoms with Crippen molar-refractivity contribution in [2.75, 3.05) is 17.2 Å². The van der Waals surface area contributed by atoms with E-state index in [1.54, 1.807) is 0 Å². The summed E-state index contributed by atoms with van der Waals surface area (Å²) in [6.45, 7) is 0.424. The van der Waals surface area contributed by atoms with E-state index >= 15 is 0 Å². The van der Waals surface area contributed by atoms with Crippen LogP contribution in [0, 0.1) is 0 Å². The molecule has 0 bridgehead atoms. The van der Waals surface area contributed by atoms with Crippen molar-refractivity contribution in [3.63, 3.8) is 0 Å². The molecule has 0 spiro atoms. The molecule has 8 heteroatoms. The van der Waals surface area contributed by atoms with Gasteiger partial charge in [-0.1, -0.05) is 66.7 Å². The molecular formula is C27H24F3N5. The van der Waals surface area contributed by atoms with Crippen LogP contribution < -0.4 is 10.6 Å². The van der Waals surface area contributed by atoms with Crippen LogP contribution >= 0.6 is 0 Å². The van der Waals surface area contributed by atoms with E-state index < -0.39 is 17.9 Å². The third-order valence-electron chi connectivity index (χ3n) is 5.99. The van der Waals surface area contributed by atoms with Crippen LogP contribution in [-0.4, -0.2) is 21.5 Å². The Balaban J connectivity index is 1.38. The Morgan fingerprint density at radius 1 is 0.886 bits per heavy atom. The first-order valence-electron chi connectivity index (χ1n) is 11.5. The van der Waals surface area contributed by atoms with Gasteiger partial charge in [0.2, 0.25) is 5.95 Å². The van der Waals surface area contributed by atoms with Crippen LogP contribution in [0.3, 0.4) is 0 Å². The fourth-order valence-electron chi connectivity index (χ4n) is 4.18. The van der Waals surface area contributed by atoms with Gasteiger partial charge < -0.3 is 10.6 Å². The fraction of sp³-hybridized carbons (Fsp3) is 0.222. The van der Waals surface area contributed by atoms with E-state index in [0.717, 1.165) is 28.5 Å². The predicted octanol–water partition coefficient (Wildman–Crippen LogP) is 6.31. The standard InChI is InChI=1S/C27H24F3N5/c28-27(29,30)24-17-23(34-26(35-24)31-16-15-18-7-3-1-4-8-18)22-14-12-20-11-13-21(32-25(20)33-22)19-9-5-2-6-10-19/h1-11,13,17,22H,12,14-16H2,(H,32,33)(H,31,34,35). The van der Waals surface area contributed by atoms with Crippen molar-refractivity contribution in [1.82, 2.24) is 15.0 Å². The Bertz CT molecular complexity index is 1290. The number of benzene rings is 2. The molecule has 2 aromatic heterocycles. The van der Waals surface area contributed by atoms with Crippen LogP contribution in [0.1, 0.15) is 35.0 Å². The second-order valence-corrected chi connectivity index (χ2v) is 8.47. The Kier molecular flexibility index (Phi) is 6.35. The van der Waals surface area contributed by atoms with Gasteiger partial charge in [0.15, 0.2) is 0 Å².